The van der Waals surface area contributed by atoms with E-state index in [0.717, 1.165) is 17.7 Å². The number of halogens is 3. The molecule has 0 bridgehead atoms. The van der Waals surface area contributed by atoms with Gasteiger partial charge in [-0.05, 0) is 35.4 Å². The number of thioether (sulfide) groups is 1. The molecule has 12 heteroatoms. The zero-order valence-electron chi connectivity index (χ0n) is 18.7. The average molecular weight is 550 g/mol. The molecular weight excluding hydrogens is 531 g/mol. The Hall–Kier alpha value is -3.22. The van der Waals surface area contributed by atoms with Gasteiger partial charge < -0.3 is 4.74 Å². The van der Waals surface area contributed by atoms with E-state index < -0.39 is 17.6 Å². The first-order chi connectivity index (χ1) is 17.1. The van der Waals surface area contributed by atoms with Crippen LogP contribution in [0.3, 0.4) is 0 Å². The van der Waals surface area contributed by atoms with Gasteiger partial charge in [0.1, 0.15) is 10.1 Å². The molecule has 0 aliphatic carbocycles. The van der Waals surface area contributed by atoms with E-state index in [1.807, 2.05) is 0 Å². The van der Waals surface area contributed by atoms with E-state index in [9.17, 15) is 22.8 Å². The average Bonchev–Trinajstić information content (AvgIpc) is 3.37. The van der Waals surface area contributed by atoms with Gasteiger partial charge in [0.05, 0.1) is 10.5 Å². The zero-order valence-corrected chi connectivity index (χ0v) is 21.1. The number of rotatable bonds is 7. The Kier molecular flexibility index (Phi) is 7.76. The third-order valence-electron chi connectivity index (χ3n) is 4.97. The number of ether oxygens (including phenoxy) is 1. The number of amides is 2. The monoisotopic (exact) mass is 549 g/mol. The Morgan fingerprint density at radius 3 is 2.64 bits per heavy atom. The number of nitrogens with zero attached hydrogens (tertiary/aromatic N) is 2. The molecule has 1 aromatic heterocycles. The van der Waals surface area contributed by atoms with Gasteiger partial charge >= 0.3 is 6.18 Å². The maximum Gasteiger partial charge on any atom is 0.416 e. The Bertz CT molecular complexity index is 1340. The maximum atomic E-state index is 12.9. The maximum absolute atomic E-state index is 12.9. The highest BCUT2D eigenvalue weighted by atomic mass is 32.2. The number of hydrogen-bond donors (Lipinski definition) is 1. The SMILES string of the molecule is CN1C(=O)/C(=C/c2ccc(OCC(=O)Nc3ncc(Cc4cccc(C(F)(F)F)c4)s3)cc2)SC1=S. The predicted octanol–water partition coefficient (Wildman–Crippen LogP) is 5.60. The second-order valence-electron chi connectivity index (χ2n) is 7.65. The summed E-state index contributed by atoms with van der Waals surface area (Å²) in [6.45, 7) is -0.254. The van der Waals surface area contributed by atoms with E-state index >= 15 is 0 Å². The van der Waals surface area contributed by atoms with Crippen molar-refractivity contribution in [3.63, 3.8) is 0 Å². The van der Waals surface area contributed by atoms with Crippen molar-refractivity contribution < 1.29 is 27.5 Å². The van der Waals surface area contributed by atoms with Gasteiger partial charge in [-0.2, -0.15) is 13.2 Å². The minimum atomic E-state index is -4.40. The molecule has 0 atom stereocenters. The second kappa shape index (κ2) is 10.8. The van der Waals surface area contributed by atoms with Gasteiger partial charge in [0.25, 0.3) is 11.8 Å². The van der Waals surface area contributed by atoms with Gasteiger partial charge in [0, 0.05) is 24.5 Å². The van der Waals surface area contributed by atoms with Crippen molar-refractivity contribution in [2.24, 2.45) is 0 Å². The van der Waals surface area contributed by atoms with Crippen molar-refractivity contribution >= 4 is 62.7 Å². The summed E-state index contributed by atoms with van der Waals surface area (Å²) >= 11 is 7.53. The number of benzene rings is 2. The standard InChI is InChI=1S/C24H18F3N3O3S3/c1-30-21(32)19(36-23(30)34)11-14-5-7-17(8-6-14)33-13-20(31)29-22-28-12-18(35-22)10-15-3-2-4-16(9-15)24(25,26)27/h2-9,11-12H,10,13H2,1H3,(H,28,29,31)/b19-11-. The molecule has 2 amide bonds. The van der Waals surface area contributed by atoms with Crippen molar-refractivity contribution in [2.75, 3.05) is 19.0 Å². The van der Waals surface area contributed by atoms with E-state index in [1.54, 1.807) is 43.5 Å². The Labute approximate surface area is 218 Å². The molecule has 36 heavy (non-hydrogen) atoms. The molecule has 0 saturated carbocycles. The van der Waals surface area contributed by atoms with Crippen LogP contribution in [-0.4, -0.2) is 39.7 Å². The lowest BCUT2D eigenvalue weighted by atomic mass is 10.1. The number of thiocarbonyl (C=S) groups is 1. The number of likely N-dealkylation sites (N-methyl/N-ethyl adjacent to an activating group) is 1. The van der Waals surface area contributed by atoms with Crippen LogP contribution in [0.4, 0.5) is 18.3 Å². The molecule has 1 aliphatic heterocycles. The largest absolute Gasteiger partial charge is 0.484 e. The summed E-state index contributed by atoms with van der Waals surface area (Å²) in [5.41, 5.74) is 0.582. The molecule has 0 radical (unpaired) electrons. The van der Waals surface area contributed by atoms with E-state index in [2.05, 4.69) is 10.3 Å². The molecule has 186 valence electrons. The van der Waals surface area contributed by atoms with Crippen molar-refractivity contribution in [2.45, 2.75) is 12.6 Å². The summed E-state index contributed by atoms with van der Waals surface area (Å²) in [6.07, 6.45) is -0.882. The van der Waals surface area contributed by atoms with Crippen LogP contribution in [0.5, 0.6) is 5.75 Å². The van der Waals surface area contributed by atoms with Crippen LogP contribution in [0.25, 0.3) is 6.08 Å². The smallest absolute Gasteiger partial charge is 0.416 e. The van der Waals surface area contributed by atoms with E-state index in [-0.39, 0.29) is 18.9 Å². The lowest BCUT2D eigenvalue weighted by Crippen LogP contribution is -2.22. The minimum Gasteiger partial charge on any atom is -0.484 e. The molecule has 1 fully saturated rings. The molecular formula is C24H18F3N3O3S3. The van der Waals surface area contributed by atoms with Crippen LogP contribution in [0.2, 0.25) is 0 Å². The van der Waals surface area contributed by atoms with Crippen molar-refractivity contribution in [1.82, 2.24) is 9.88 Å². The Morgan fingerprint density at radius 1 is 1.22 bits per heavy atom. The van der Waals surface area contributed by atoms with E-state index in [4.69, 9.17) is 17.0 Å². The molecule has 4 rings (SSSR count). The quantitative estimate of drug-likeness (QED) is 0.306. The Morgan fingerprint density at radius 2 is 1.97 bits per heavy atom. The molecule has 2 heterocycles. The van der Waals surface area contributed by atoms with Crippen LogP contribution in [-0.2, 0) is 22.2 Å². The Balaban J connectivity index is 1.28. The van der Waals surface area contributed by atoms with Gasteiger partial charge in [0.2, 0.25) is 0 Å². The fourth-order valence-corrected chi connectivity index (χ4v) is 5.21. The third-order valence-corrected chi connectivity index (χ3v) is 7.36. The molecule has 1 N–H and O–H groups in total. The number of anilines is 1. The van der Waals surface area contributed by atoms with Gasteiger partial charge in [0.15, 0.2) is 11.7 Å². The number of carbonyl (C=O) groups is 2. The fourth-order valence-electron chi connectivity index (χ4n) is 3.17. The van der Waals surface area contributed by atoms with Gasteiger partial charge in [-0.3, -0.25) is 19.8 Å². The summed E-state index contributed by atoms with van der Waals surface area (Å²) in [7, 11) is 1.63. The minimum absolute atomic E-state index is 0.151. The lowest BCUT2D eigenvalue weighted by Gasteiger charge is -2.08. The number of alkyl halides is 3. The first-order valence-corrected chi connectivity index (χ1v) is 12.5. The summed E-state index contributed by atoms with van der Waals surface area (Å²) < 4.78 is 44.7. The molecule has 2 aromatic carbocycles. The zero-order chi connectivity index (χ0) is 25.9. The van der Waals surface area contributed by atoms with E-state index in [0.29, 0.717) is 30.5 Å². The highest BCUT2D eigenvalue weighted by molar-refractivity contribution is 8.26. The van der Waals surface area contributed by atoms with Crippen LogP contribution >= 0.6 is 35.3 Å². The molecule has 1 saturated heterocycles. The molecule has 1 aliphatic rings. The lowest BCUT2D eigenvalue weighted by molar-refractivity contribution is -0.137. The second-order valence-corrected chi connectivity index (χ2v) is 10.4. The van der Waals surface area contributed by atoms with Crippen LogP contribution in [0, 0.1) is 0 Å². The molecule has 3 aromatic rings. The van der Waals surface area contributed by atoms with Crippen LogP contribution in [0.15, 0.2) is 59.6 Å². The van der Waals surface area contributed by atoms with Gasteiger partial charge in [-0.1, -0.05) is 54.3 Å². The highest BCUT2D eigenvalue weighted by Crippen LogP contribution is 2.32. The van der Waals surface area contributed by atoms with Crippen molar-refractivity contribution in [1.29, 1.82) is 0 Å². The number of nitrogens with one attached hydrogen (secondary N) is 1. The van der Waals surface area contributed by atoms with Crippen molar-refractivity contribution in [3.05, 3.63) is 81.2 Å². The van der Waals surface area contributed by atoms with Crippen molar-refractivity contribution in [3.8, 4) is 5.75 Å². The number of thiazole rings is 1. The summed E-state index contributed by atoms with van der Waals surface area (Å²) in [5.74, 6) is -0.109. The molecule has 0 unspecified atom stereocenters. The summed E-state index contributed by atoms with van der Waals surface area (Å²) in [5, 5.41) is 2.95. The van der Waals surface area contributed by atoms with Gasteiger partial charge in [-0.15, -0.1) is 11.3 Å². The third kappa shape index (κ3) is 6.50. The van der Waals surface area contributed by atoms with Crippen LogP contribution in [0.1, 0.15) is 21.6 Å². The predicted molar refractivity (Wildman–Crippen MR) is 138 cm³/mol. The number of aromatic nitrogens is 1. The fraction of sp³-hybridized carbons (Fsp3) is 0.167. The first-order valence-electron chi connectivity index (χ1n) is 10.4. The molecule has 0 spiro atoms. The van der Waals surface area contributed by atoms with Crippen LogP contribution < -0.4 is 10.1 Å². The number of hydrogen-bond acceptors (Lipinski definition) is 7. The summed E-state index contributed by atoms with van der Waals surface area (Å²) in [4.78, 5) is 31.1. The number of carbonyl (C=O) groups excluding carboxylic acids is 2. The molecule has 6 nitrogen and oxygen atoms in total. The first kappa shape index (κ1) is 25.9. The summed E-state index contributed by atoms with van der Waals surface area (Å²) in [6, 6.07) is 12.0. The normalized spacial score (nSPS) is 15.0. The topological polar surface area (TPSA) is 71.5 Å². The van der Waals surface area contributed by atoms with Gasteiger partial charge in [-0.25, -0.2) is 4.98 Å². The van der Waals surface area contributed by atoms with E-state index in [1.165, 1.54) is 40.3 Å². The highest BCUT2D eigenvalue weighted by Gasteiger charge is 2.30.